The Bertz CT molecular complexity index is 1170. The smallest absolute Gasteiger partial charge is 0.274 e. The Kier molecular flexibility index (Phi) is 6.14. The number of aromatic nitrogens is 3. The van der Waals surface area contributed by atoms with Crippen molar-refractivity contribution in [1.29, 1.82) is 0 Å². The summed E-state index contributed by atoms with van der Waals surface area (Å²) in [6, 6.07) is 11.0. The van der Waals surface area contributed by atoms with Crippen LogP contribution >= 0.6 is 11.6 Å². The van der Waals surface area contributed by atoms with E-state index >= 15 is 0 Å². The molecular formula is C24H27ClN6O3. The second-order valence-corrected chi connectivity index (χ2v) is 9.57. The Hall–Kier alpha value is -3.17. The quantitative estimate of drug-likeness (QED) is 0.515. The van der Waals surface area contributed by atoms with E-state index in [-0.39, 0.29) is 11.6 Å². The number of anilines is 3. The van der Waals surface area contributed by atoms with Crippen LogP contribution in [0.25, 0.3) is 0 Å². The maximum atomic E-state index is 13.0. The molecule has 2 aromatic heterocycles. The molecule has 3 heterocycles. The number of hydrogen-bond donors (Lipinski definition) is 2. The molecule has 2 N–H and O–H groups in total. The van der Waals surface area contributed by atoms with Crippen LogP contribution < -0.4 is 15.5 Å². The molecule has 1 aliphatic carbocycles. The normalized spacial score (nSPS) is 16.4. The van der Waals surface area contributed by atoms with E-state index in [1.807, 2.05) is 44.2 Å². The molecule has 0 spiro atoms. The maximum Gasteiger partial charge on any atom is 0.274 e. The Balaban J connectivity index is 1.42. The summed E-state index contributed by atoms with van der Waals surface area (Å²) in [6.07, 6.45) is 2.16. The summed E-state index contributed by atoms with van der Waals surface area (Å²) in [5.74, 6) is 2.06. The number of nitrogens with one attached hydrogen (secondary N) is 2. The molecule has 5 rings (SSSR count). The van der Waals surface area contributed by atoms with Crippen LogP contribution in [0.1, 0.15) is 54.5 Å². The van der Waals surface area contributed by atoms with Gasteiger partial charge < -0.3 is 24.8 Å². The van der Waals surface area contributed by atoms with E-state index in [9.17, 15) is 4.79 Å². The number of nitrogens with zero attached hydrogens (tertiary/aromatic N) is 4. The molecule has 178 valence electrons. The lowest BCUT2D eigenvalue weighted by atomic mass is 9.99. The summed E-state index contributed by atoms with van der Waals surface area (Å²) in [6.45, 7) is 6.43. The molecule has 0 atom stereocenters. The van der Waals surface area contributed by atoms with Gasteiger partial charge in [0, 0.05) is 41.9 Å². The predicted molar refractivity (Wildman–Crippen MR) is 129 cm³/mol. The summed E-state index contributed by atoms with van der Waals surface area (Å²) in [7, 11) is 0. The molecule has 1 saturated heterocycles. The maximum absolute atomic E-state index is 13.0. The number of rotatable bonds is 7. The highest BCUT2D eigenvalue weighted by Gasteiger charge is 2.32. The van der Waals surface area contributed by atoms with Gasteiger partial charge in [0.15, 0.2) is 5.69 Å². The average molecular weight is 483 g/mol. The van der Waals surface area contributed by atoms with Crippen LogP contribution in [0.3, 0.4) is 0 Å². The van der Waals surface area contributed by atoms with Crippen LogP contribution in [0.2, 0.25) is 5.02 Å². The minimum absolute atomic E-state index is 0.275. The second-order valence-electron chi connectivity index (χ2n) is 9.14. The third-order valence-corrected chi connectivity index (χ3v) is 6.18. The SMILES string of the molecule is CC(C)(NC(=O)c1cc(C2CC2)on1)c1cc(Nc2ccc(Cl)cc2)nc(N2CCOCC2)n1. The van der Waals surface area contributed by atoms with Gasteiger partial charge in [-0.2, -0.15) is 4.98 Å². The lowest BCUT2D eigenvalue weighted by molar-refractivity contribution is 0.0901. The molecule has 2 aliphatic rings. The molecule has 1 aromatic carbocycles. The Morgan fingerprint density at radius 3 is 2.56 bits per heavy atom. The van der Waals surface area contributed by atoms with E-state index in [1.54, 1.807) is 6.07 Å². The van der Waals surface area contributed by atoms with Crippen LogP contribution in [0.4, 0.5) is 17.5 Å². The molecule has 1 saturated carbocycles. The highest BCUT2D eigenvalue weighted by molar-refractivity contribution is 6.30. The predicted octanol–water partition coefficient (Wildman–Crippen LogP) is 4.24. The largest absolute Gasteiger partial charge is 0.378 e. The number of carbonyl (C=O) groups is 1. The molecule has 0 radical (unpaired) electrons. The van der Waals surface area contributed by atoms with Gasteiger partial charge in [0.1, 0.15) is 11.6 Å². The van der Waals surface area contributed by atoms with Crippen molar-refractivity contribution >= 4 is 35.0 Å². The number of hydrogen-bond acceptors (Lipinski definition) is 8. The zero-order chi connectivity index (χ0) is 23.7. The van der Waals surface area contributed by atoms with Gasteiger partial charge in [0.25, 0.3) is 5.91 Å². The zero-order valence-corrected chi connectivity index (χ0v) is 19.9. The van der Waals surface area contributed by atoms with Crippen LogP contribution in [-0.2, 0) is 10.3 Å². The Labute approximate surface area is 202 Å². The fourth-order valence-corrected chi connectivity index (χ4v) is 3.90. The number of amides is 1. The van der Waals surface area contributed by atoms with Gasteiger partial charge >= 0.3 is 0 Å². The van der Waals surface area contributed by atoms with Crippen molar-refractivity contribution in [3.8, 4) is 0 Å². The van der Waals surface area contributed by atoms with Crippen LogP contribution in [0.15, 0.2) is 40.9 Å². The summed E-state index contributed by atoms with van der Waals surface area (Å²) in [5, 5.41) is 11.0. The third-order valence-electron chi connectivity index (χ3n) is 5.93. The first kappa shape index (κ1) is 22.6. The van der Waals surface area contributed by atoms with Crippen molar-refractivity contribution in [2.45, 2.75) is 38.1 Å². The van der Waals surface area contributed by atoms with Crippen molar-refractivity contribution in [3.05, 3.63) is 58.6 Å². The number of ether oxygens (including phenoxy) is 1. The highest BCUT2D eigenvalue weighted by atomic mass is 35.5. The monoisotopic (exact) mass is 482 g/mol. The lowest BCUT2D eigenvalue weighted by Crippen LogP contribution is -2.43. The molecule has 1 aliphatic heterocycles. The summed E-state index contributed by atoms with van der Waals surface area (Å²) >= 11 is 6.02. The molecule has 0 bridgehead atoms. The van der Waals surface area contributed by atoms with E-state index in [0.29, 0.717) is 54.7 Å². The van der Waals surface area contributed by atoms with E-state index in [4.69, 9.17) is 30.8 Å². The van der Waals surface area contributed by atoms with Gasteiger partial charge in [-0.3, -0.25) is 4.79 Å². The van der Waals surface area contributed by atoms with Crippen molar-refractivity contribution in [2.75, 3.05) is 36.5 Å². The number of carbonyl (C=O) groups excluding carboxylic acids is 1. The van der Waals surface area contributed by atoms with E-state index in [1.165, 1.54) is 0 Å². The molecule has 0 unspecified atom stereocenters. The number of halogens is 1. The van der Waals surface area contributed by atoms with Gasteiger partial charge in [0.2, 0.25) is 5.95 Å². The molecule has 10 heteroatoms. The molecule has 2 fully saturated rings. The molecular weight excluding hydrogens is 456 g/mol. The van der Waals surface area contributed by atoms with Crippen molar-refractivity contribution in [1.82, 2.24) is 20.4 Å². The minimum Gasteiger partial charge on any atom is -0.378 e. The van der Waals surface area contributed by atoms with Gasteiger partial charge in [0.05, 0.1) is 24.4 Å². The van der Waals surface area contributed by atoms with E-state index in [2.05, 4.69) is 20.7 Å². The second kappa shape index (κ2) is 9.23. The molecule has 34 heavy (non-hydrogen) atoms. The van der Waals surface area contributed by atoms with Crippen molar-refractivity contribution in [2.24, 2.45) is 0 Å². The molecule has 9 nitrogen and oxygen atoms in total. The summed E-state index contributed by atoms with van der Waals surface area (Å²) < 4.78 is 10.8. The molecule has 3 aromatic rings. The van der Waals surface area contributed by atoms with Crippen LogP contribution in [0.5, 0.6) is 0 Å². The van der Waals surface area contributed by atoms with Gasteiger partial charge in [-0.15, -0.1) is 0 Å². The first-order chi connectivity index (χ1) is 16.4. The van der Waals surface area contributed by atoms with E-state index in [0.717, 1.165) is 24.3 Å². The first-order valence-corrected chi connectivity index (χ1v) is 11.8. The van der Waals surface area contributed by atoms with Crippen LogP contribution in [-0.4, -0.2) is 47.3 Å². The van der Waals surface area contributed by atoms with Crippen molar-refractivity contribution in [3.63, 3.8) is 0 Å². The van der Waals surface area contributed by atoms with Crippen molar-refractivity contribution < 1.29 is 14.1 Å². The Morgan fingerprint density at radius 2 is 1.85 bits per heavy atom. The van der Waals surface area contributed by atoms with E-state index < -0.39 is 5.54 Å². The highest BCUT2D eigenvalue weighted by Crippen LogP contribution is 2.40. The number of morpholine rings is 1. The zero-order valence-electron chi connectivity index (χ0n) is 19.2. The standard InChI is InChI=1S/C24H27ClN6O3/c1-24(2,29-22(32)18-13-19(34-30-18)15-3-4-15)20-14-21(26-17-7-5-16(25)6-8-17)28-23(27-20)31-9-11-33-12-10-31/h5-8,13-15H,3-4,9-12H2,1-2H3,(H,29,32)(H,26,27,28). The summed E-state index contributed by atoms with van der Waals surface area (Å²) in [5.41, 5.74) is 0.992. The first-order valence-electron chi connectivity index (χ1n) is 11.4. The average Bonchev–Trinajstić information content (AvgIpc) is 3.56. The minimum atomic E-state index is -0.795. The van der Waals surface area contributed by atoms with Gasteiger partial charge in [-0.1, -0.05) is 16.8 Å². The third kappa shape index (κ3) is 5.15. The topological polar surface area (TPSA) is 105 Å². The summed E-state index contributed by atoms with van der Waals surface area (Å²) in [4.78, 5) is 24.6. The van der Waals surface area contributed by atoms with Gasteiger partial charge in [-0.25, -0.2) is 4.98 Å². The molecule has 1 amide bonds. The van der Waals surface area contributed by atoms with Crippen LogP contribution in [0, 0.1) is 0 Å². The fourth-order valence-electron chi connectivity index (χ4n) is 3.77. The number of benzene rings is 1. The van der Waals surface area contributed by atoms with Gasteiger partial charge in [-0.05, 0) is 51.0 Å². The Morgan fingerprint density at radius 1 is 1.12 bits per heavy atom. The lowest BCUT2D eigenvalue weighted by Gasteiger charge is -2.30. The fraction of sp³-hybridized carbons (Fsp3) is 0.417.